The van der Waals surface area contributed by atoms with E-state index in [4.69, 9.17) is 0 Å². The number of piperidine rings is 1. The van der Waals surface area contributed by atoms with Crippen LogP contribution in [0.1, 0.15) is 40.8 Å². The van der Waals surface area contributed by atoms with Gasteiger partial charge in [-0.15, -0.1) is 10.2 Å². The number of nitrogens with one attached hydrogen (secondary N) is 1. The number of carbonyl (C=O) groups is 1. The Morgan fingerprint density at radius 3 is 2.70 bits per heavy atom. The number of benzene rings is 2. The molecule has 3 aromatic rings. The second kappa shape index (κ2) is 6.78. The van der Waals surface area contributed by atoms with Gasteiger partial charge in [0.2, 0.25) is 0 Å². The summed E-state index contributed by atoms with van der Waals surface area (Å²) >= 11 is 0. The molecule has 0 unspecified atom stereocenters. The van der Waals surface area contributed by atoms with Crippen LogP contribution >= 0.6 is 0 Å². The van der Waals surface area contributed by atoms with E-state index in [1.807, 2.05) is 35.2 Å². The van der Waals surface area contributed by atoms with Crippen LogP contribution in [0.25, 0.3) is 10.8 Å². The monoisotopic (exact) mass is 361 g/mol. The predicted octanol–water partition coefficient (Wildman–Crippen LogP) is 2.55. The van der Waals surface area contributed by atoms with E-state index in [2.05, 4.69) is 32.2 Å². The topological polar surface area (TPSA) is 63.1 Å². The van der Waals surface area contributed by atoms with Crippen molar-refractivity contribution in [1.82, 2.24) is 25.0 Å². The van der Waals surface area contributed by atoms with Crippen LogP contribution in [0.3, 0.4) is 0 Å². The van der Waals surface area contributed by atoms with Crippen molar-refractivity contribution in [3.05, 3.63) is 59.7 Å². The van der Waals surface area contributed by atoms with Crippen LogP contribution in [-0.4, -0.2) is 45.2 Å². The summed E-state index contributed by atoms with van der Waals surface area (Å²) in [5.41, 5.74) is 0.803. The Bertz CT molecular complexity index is 982. The van der Waals surface area contributed by atoms with Crippen molar-refractivity contribution in [1.29, 1.82) is 0 Å². The summed E-state index contributed by atoms with van der Waals surface area (Å²) in [4.78, 5) is 15.1. The van der Waals surface area contributed by atoms with Crippen LogP contribution in [0.4, 0.5) is 0 Å². The van der Waals surface area contributed by atoms with Gasteiger partial charge in [0.05, 0.1) is 6.54 Å². The summed E-state index contributed by atoms with van der Waals surface area (Å²) in [5.74, 6) is 2.66. The smallest absolute Gasteiger partial charge is 0.254 e. The summed E-state index contributed by atoms with van der Waals surface area (Å²) < 4.78 is 2.27. The van der Waals surface area contributed by atoms with Crippen molar-refractivity contribution in [3.8, 4) is 0 Å². The van der Waals surface area contributed by atoms with Gasteiger partial charge in [0.25, 0.3) is 5.91 Å². The first kappa shape index (κ1) is 16.4. The highest BCUT2D eigenvalue weighted by Crippen LogP contribution is 2.29. The Morgan fingerprint density at radius 1 is 1.00 bits per heavy atom. The molecule has 0 saturated carbocycles. The lowest BCUT2D eigenvalue weighted by Crippen LogP contribution is -2.39. The number of amides is 1. The molecule has 0 aliphatic carbocycles. The van der Waals surface area contributed by atoms with Crippen molar-refractivity contribution in [2.45, 2.75) is 31.8 Å². The molecule has 2 aliphatic rings. The minimum atomic E-state index is 0.137. The maximum atomic E-state index is 13.1. The van der Waals surface area contributed by atoms with E-state index in [1.54, 1.807) is 0 Å². The molecule has 5 rings (SSSR count). The summed E-state index contributed by atoms with van der Waals surface area (Å²) in [6, 6.07) is 14.1. The minimum Gasteiger partial charge on any atom is -0.339 e. The fraction of sp³-hybridized carbons (Fsp3) is 0.381. The third kappa shape index (κ3) is 2.90. The van der Waals surface area contributed by atoms with E-state index in [0.29, 0.717) is 5.92 Å². The van der Waals surface area contributed by atoms with Gasteiger partial charge in [-0.1, -0.05) is 36.4 Å². The van der Waals surface area contributed by atoms with Crippen LogP contribution in [0.5, 0.6) is 0 Å². The average Bonchev–Trinajstić information content (AvgIpc) is 3.17. The van der Waals surface area contributed by atoms with Crippen molar-refractivity contribution in [2.24, 2.45) is 0 Å². The van der Waals surface area contributed by atoms with Gasteiger partial charge in [-0.2, -0.15) is 0 Å². The largest absolute Gasteiger partial charge is 0.339 e. The number of fused-ring (bicyclic) bond motifs is 2. The fourth-order valence-corrected chi connectivity index (χ4v) is 4.34. The third-order valence-electron chi connectivity index (χ3n) is 5.82. The van der Waals surface area contributed by atoms with Crippen molar-refractivity contribution < 1.29 is 4.79 Å². The number of hydrogen-bond acceptors (Lipinski definition) is 4. The molecular weight excluding hydrogens is 338 g/mol. The highest BCUT2D eigenvalue weighted by Gasteiger charge is 2.29. The molecule has 2 aliphatic heterocycles. The summed E-state index contributed by atoms with van der Waals surface area (Å²) in [6.07, 6.45) is 1.89. The number of aromatic nitrogens is 3. The Kier molecular flexibility index (Phi) is 4.13. The van der Waals surface area contributed by atoms with Gasteiger partial charge >= 0.3 is 0 Å². The molecule has 0 radical (unpaired) electrons. The molecule has 138 valence electrons. The molecule has 1 amide bonds. The van der Waals surface area contributed by atoms with E-state index in [9.17, 15) is 4.79 Å². The molecule has 27 heavy (non-hydrogen) atoms. The molecule has 0 bridgehead atoms. The summed E-state index contributed by atoms with van der Waals surface area (Å²) in [7, 11) is 0. The molecule has 0 atom stereocenters. The SMILES string of the molecule is O=C(c1cccc2ccccc12)N1CCC(c2nnc3n2CCNC3)CC1. The van der Waals surface area contributed by atoms with Crippen LogP contribution in [-0.2, 0) is 13.1 Å². The third-order valence-corrected chi connectivity index (χ3v) is 5.82. The zero-order chi connectivity index (χ0) is 18.2. The summed E-state index contributed by atoms with van der Waals surface area (Å²) in [5, 5.41) is 14.3. The number of carbonyl (C=O) groups excluding carboxylic acids is 1. The molecule has 1 saturated heterocycles. The maximum Gasteiger partial charge on any atom is 0.254 e. The summed E-state index contributed by atoms with van der Waals surface area (Å²) in [6.45, 7) is 4.25. The quantitative estimate of drug-likeness (QED) is 0.762. The zero-order valence-electron chi connectivity index (χ0n) is 15.3. The van der Waals surface area contributed by atoms with Gasteiger partial charge in [-0.05, 0) is 29.7 Å². The molecule has 3 heterocycles. The van der Waals surface area contributed by atoms with E-state index in [0.717, 1.165) is 73.6 Å². The highest BCUT2D eigenvalue weighted by molar-refractivity contribution is 6.07. The number of hydrogen-bond donors (Lipinski definition) is 1. The Hall–Kier alpha value is -2.73. The van der Waals surface area contributed by atoms with Crippen LogP contribution in [0.15, 0.2) is 42.5 Å². The predicted molar refractivity (Wildman–Crippen MR) is 104 cm³/mol. The molecule has 1 fully saturated rings. The van der Waals surface area contributed by atoms with Crippen LogP contribution in [0, 0.1) is 0 Å². The Labute approximate surface area is 158 Å². The Morgan fingerprint density at radius 2 is 1.81 bits per heavy atom. The molecule has 6 nitrogen and oxygen atoms in total. The fourth-order valence-electron chi connectivity index (χ4n) is 4.34. The molecular formula is C21H23N5O. The van der Waals surface area contributed by atoms with Crippen molar-refractivity contribution in [2.75, 3.05) is 19.6 Å². The lowest BCUT2D eigenvalue weighted by Gasteiger charge is -2.32. The molecule has 1 N–H and O–H groups in total. The van der Waals surface area contributed by atoms with Gasteiger partial charge < -0.3 is 14.8 Å². The highest BCUT2D eigenvalue weighted by atomic mass is 16.2. The van der Waals surface area contributed by atoms with Gasteiger partial charge in [-0.3, -0.25) is 4.79 Å². The molecule has 6 heteroatoms. The van der Waals surface area contributed by atoms with Gasteiger partial charge in [0.1, 0.15) is 11.6 Å². The average molecular weight is 361 g/mol. The lowest BCUT2D eigenvalue weighted by atomic mass is 9.94. The minimum absolute atomic E-state index is 0.137. The first-order valence-corrected chi connectivity index (χ1v) is 9.71. The normalized spacial score (nSPS) is 17.9. The second-order valence-electron chi connectivity index (χ2n) is 7.40. The standard InChI is InChI=1S/C21H23N5O/c27-21(18-7-3-5-15-4-1-2-6-17(15)18)25-11-8-16(9-12-25)20-24-23-19-14-22-10-13-26(19)20/h1-7,16,22H,8-14H2. The number of likely N-dealkylation sites (tertiary alicyclic amines) is 1. The first-order valence-electron chi connectivity index (χ1n) is 9.71. The van der Waals surface area contributed by atoms with Gasteiger partial charge in [-0.25, -0.2) is 0 Å². The molecule has 1 aromatic heterocycles. The number of rotatable bonds is 2. The molecule has 0 spiro atoms. The van der Waals surface area contributed by atoms with Crippen LogP contribution < -0.4 is 5.32 Å². The molecule has 2 aromatic carbocycles. The van der Waals surface area contributed by atoms with Gasteiger partial charge in [0.15, 0.2) is 0 Å². The van der Waals surface area contributed by atoms with E-state index < -0.39 is 0 Å². The maximum absolute atomic E-state index is 13.1. The Balaban J connectivity index is 1.33. The van der Waals surface area contributed by atoms with E-state index in [-0.39, 0.29) is 5.91 Å². The van der Waals surface area contributed by atoms with Crippen molar-refractivity contribution >= 4 is 16.7 Å². The van der Waals surface area contributed by atoms with Gasteiger partial charge in [0, 0.05) is 37.7 Å². The van der Waals surface area contributed by atoms with Crippen LogP contribution in [0.2, 0.25) is 0 Å². The zero-order valence-corrected chi connectivity index (χ0v) is 15.3. The van der Waals surface area contributed by atoms with Crippen molar-refractivity contribution in [3.63, 3.8) is 0 Å². The van der Waals surface area contributed by atoms with E-state index in [1.165, 1.54) is 0 Å². The lowest BCUT2D eigenvalue weighted by molar-refractivity contribution is 0.0712. The van der Waals surface area contributed by atoms with E-state index >= 15 is 0 Å². The number of nitrogens with zero attached hydrogens (tertiary/aromatic N) is 4. The first-order chi connectivity index (χ1) is 13.3. The second-order valence-corrected chi connectivity index (χ2v) is 7.40.